The lowest BCUT2D eigenvalue weighted by Gasteiger charge is -2.08. The Labute approximate surface area is 283 Å². The van der Waals surface area contributed by atoms with Crippen LogP contribution in [0.2, 0.25) is 0 Å². The summed E-state index contributed by atoms with van der Waals surface area (Å²) in [5, 5.41) is 9.19. The molecule has 0 aliphatic rings. The van der Waals surface area contributed by atoms with E-state index in [4.69, 9.17) is 0 Å². The summed E-state index contributed by atoms with van der Waals surface area (Å²) in [7, 11) is 0. The fourth-order valence-electron chi connectivity index (χ4n) is 7.78. The van der Waals surface area contributed by atoms with Crippen molar-refractivity contribution in [2.24, 2.45) is 0 Å². The van der Waals surface area contributed by atoms with Crippen LogP contribution in [0, 0.1) is 0 Å². The molecule has 0 N–H and O–H groups in total. The molecule has 4 heterocycles. The highest BCUT2D eigenvalue weighted by molar-refractivity contribution is 7.26. The van der Waals surface area contributed by atoms with Gasteiger partial charge in [0.15, 0.2) is 0 Å². The first-order valence-corrected chi connectivity index (χ1v) is 17.9. The van der Waals surface area contributed by atoms with Crippen molar-refractivity contribution in [2.45, 2.75) is 0 Å². The van der Waals surface area contributed by atoms with Crippen LogP contribution in [0.25, 0.3) is 95.7 Å². The van der Waals surface area contributed by atoms with Crippen molar-refractivity contribution in [3.05, 3.63) is 158 Å². The maximum atomic E-state index is 2.44. The molecule has 4 aromatic heterocycles. The number of aromatic nitrogens is 2. The van der Waals surface area contributed by atoms with E-state index in [0.717, 1.165) is 0 Å². The van der Waals surface area contributed by atoms with Crippen LogP contribution in [0.1, 0.15) is 0 Å². The van der Waals surface area contributed by atoms with Gasteiger partial charge >= 0.3 is 0 Å². The molecular formula is C44H26N2S2. The number of para-hydroxylation sites is 3. The SMILES string of the molecule is c1ccc(-n2c3ccccc3c3cc4c(cc32)sc2ccc(-c3ccc5c(c3)c3c6ccccc6sc3n5-c3ccccc3)cc24)cc1. The molecule has 0 aliphatic carbocycles. The number of thiophene rings is 2. The molecule has 0 saturated heterocycles. The Morgan fingerprint density at radius 3 is 1.75 bits per heavy atom. The molecule has 0 spiro atoms. The number of fused-ring (bicyclic) bond motifs is 11. The largest absolute Gasteiger partial charge is 0.309 e. The molecule has 48 heavy (non-hydrogen) atoms. The Morgan fingerprint density at radius 1 is 0.333 bits per heavy atom. The smallest absolute Gasteiger partial charge is 0.109 e. The molecule has 0 radical (unpaired) electrons. The molecule has 11 aromatic rings. The molecule has 0 saturated carbocycles. The predicted molar refractivity (Wildman–Crippen MR) is 209 cm³/mol. The van der Waals surface area contributed by atoms with Crippen molar-refractivity contribution >= 4 is 95.9 Å². The van der Waals surface area contributed by atoms with E-state index in [1.54, 1.807) is 0 Å². The lowest BCUT2D eigenvalue weighted by molar-refractivity contribution is 1.18. The van der Waals surface area contributed by atoms with Crippen LogP contribution in [0.5, 0.6) is 0 Å². The standard InChI is InChI=1S/C44H26N2S2/c1-3-11-29(12-4-1)45-37-17-9-7-15-31(37)33-25-35-34-23-28(20-22-41(34)47-42(35)26-39(33)45)27-19-21-38-36(24-27)43-32-16-8-10-18-40(32)48-44(43)46(38)30-13-5-2-6-14-30/h1-26H. The maximum Gasteiger partial charge on any atom is 0.109 e. The third-order valence-corrected chi connectivity index (χ3v) is 12.2. The van der Waals surface area contributed by atoms with Crippen molar-refractivity contribution in [3.8, 4) is 22.5 Å². The van der Waals surface area contributed by atoms with Crippen LogP contribution in [0.15, 0.2) is 158 Å². The predicted octanol–water partition coefficient (Wildman–Crippen LogP) is 13.1. The molecule has 0 fully saturated rings. The van der Waals surface area contributed by atoms with Gasteiger partial charge in [-0.05, 0) is 83.9 Å². The first-order valence-electron chi connectivity index (χ1n) is 16.3. The van der Waals surface area contributed by atoms with Gasteiger partial charge in [-0.3, -0.25) is 0 Å². The van der Waals surface area contributed by atoms with E-state index in [9.17, 15) is 0 Å². The summed E-state index contributed by atoms with van der Waals surface area (Å²) in [6, 6.07) is 58.0. The summed E-state index contributed by atoms with van der Waals surface area (Å²) in [5.41, 5.74) is 8.62. The van der Waals surface area contributed by atoms with E-state index in [2.05, 4.69) is 167 Å². The Morgan fingerprint density at radius 2 is 0.938 bits per heavy atom. The lowest BCUT2D eigenvalue weighted by Crippen LogP contribution is -1.92. The molecular weight excluding hydrogens is 621 g/mol. The zero-order valence-corrected chi connectivity index (χ0v) is 27.4. The highest BCUT2D eigenvalue weighted by Crippen LogP contribution is 2.45. The monoisotopic (exact) mass is 646 g/mol. The zero-order chi connectivity index (χ0) is 31.3. The lowest BCUT2D eigenvalue weighted by atomic mass is 10.00. The second-order valence-corrected chi connectivity index (χ2v) is 14.7. The average Bonchev–Trinajstić information content (AvgIpc) is 3.87. The van der Waals surface area contributed by atoms with Gasteiger partial charge in [-0.15, -0.1) is 22.7 Å². The minimum Gasteiger partial charge on any atom is -0.309 e. The molecule has 0 amide bonds. The van der Waals surface area contributed by atoms with Gasteiger partial charge in [-0.25, -0.2) is 0 Å². The van der Waals surface area contributed by atoms with Crippen LogP contribution >= 0.6 is 22.7 Å². The highest BCUT2D eigenvalue weighted by atomic mass is 32.1. The van der Waals surface area contributed by atoms with E-state index in [-0.39, 0.29) is 0 Å². The van der Waals surface area contributed by atoms with Gasteiger partial charge in [0.2, 0.25) is 0 Å². The zero-order valence-electron chi connectivity index (χ0n) is 25.7. The van der Waals surface area contributed by atoms with Crippen LogP contribution < -0.4 is 0 Å². The van der Waals surface area contributed by atoms with Gasteiger partial charge in [-0.1, -0.05) is 84.9 Å². The molecule has 224 valence electrons. The Hall–Kier alpha value is -5.68. The molecule has 0 atom stereocenters. The quantitative estimate of drug-likeness (QED) is 0.181. The van der Waals surface area contributed by atoms with Crippen molar-refractivity contribution in [1.82, 2.24) is 9.13 Å². The molecule has 11 rings (SSSR count). The van der Waals surface area contributed by atoms with Crippen molar-refractivity contribution in [1.29, 1.82) is 0 Å². The summed E-state index contributed by atoms with van der Waals surface area (Å²) in [5.74, 6) is 0. The summed E-state index contributed by atoms with van der Waals surface area (Å²) in [6.07, 6.45) is 0. The molecule has 4 heteroatoms. The Balaban J connectivity index is 1.14. The third kappa shape index (κ3) is 3.67. The summed E-state index contributed by atoms with van der Waals surface area (Å²) < 4.78 is 8.80. The van der Waals surface area contributed by atoms with Crippen molar-refractivity contribution in [3.63, 3.8) is 0 Å². The molecule has 7 aromatic carbocycles. The first kappa shape index (κ1) is 26.4. The normalized spacial score (nSPS) is 12.2. The molecule has 0 aliphatic heterocycles. The fourth-order valence-corrected chi connectivity index (χ4v) is 10.1. The molecule has 0 unspecified atom stereocenters. The van der Waals surface area contributed by atoms with Gasteiger partial charge in [0.25, 0.3) is 0 Å². The highest BCUT2D eigenvalue weighted by Gasteiger charge is 2.19. The summed E-state index contributed by atoms with van der Waals surface area (Å²) in [4.78, 5) is 1.30. The van der Waals surface area contributed by atoms with Gasteiger partial charge < -0.3 is 9.13 Å². The maximum absolute atomic E-state index is 2.44. The van der Waals surface area contributed by atoms with Crippen LogP contribution in [-0.4, -0.2) is 9.13 Å². The molecule has 2 nitrogen and oxygen atoms in total. The van der Waals surface area contributed by atoms with Crippen LogP contribution in [0.4, 0.5) is 0 Å². The third-order valence-electron chi connectivity index (χ3n) is 9.91. The summed E-state index contributed by atoms with van der Waals surface area (Å²) in [6.45, 7) is 0. The van der Waals surface area contributed by atoms with E-state index in [0.29, 0.717) is 0 Å². The van der Waals surface area contributed by atoms with Gasteiger partial charge in [0.05, 0.1) is 16.6 Å². The number of hydrogen-bond donors (Lipinski definition) is 0. The number of benzene rings is 7. The second-order valence-electron chi connectivity index (χ2n) is 12.5. The number of rotatable bonds is 3. The second kappa shape index (κ2) is 9.91. The van der Waals surface area contributed by atoms with Gasteiger partial charge in [-0.2, -0.15) is 0 Å². The van der Waals surface area contributed by atoms with E-state index < -0.39 is 0 Å². The minimum absolute atomic E-state index is 1.19. The Bertz CT molecular complexity index is 3050. The Kier molecular flexibility index (Phi) is 5.45. The van der Waals surface area contributed by atoms with Gasteiger partial charge in [0, 0.05) is 63.2 Å². The number of hydrogen-bond acceptors (Lipinski definition) is 2. The van der Waals surface area contributed by atoms with Crippen molar-refractivity contribution < 1.29 is 0 Å². The first-order chi connectivity index (χ1) is 23.8. The minimum atomic E-state index is 1.19. The van der Waals surface area contributed by atoms with Crippen LogP contribution in [-0.2, 0) is 0 Å². The van der Waals surface area contributed by atoms with E-state index in [1.165, 1.54) is 95.7 Å². The number of nitrogens with zero attached hydrogens (tertiary/aromatic N) is 2. The topological polar surface area (TPSA) is 9.86 Å². The van der Waals surface area contributed by atoms with E-state index in [1.807, 2.05) is 22.7 Å². The molecule has 0 bridgehead atoms. The van der Waals surface area contributed by atoms with E-state index >= 15 is 0 Å². The van der Waals surface area contributed by atoms with Gasteiger partial charge in [0.1, 0.15) is 4.83 Å². The van der Waals surface area contributed by atoms with Crippen LogP contribution in [0.3, 0.4) is 0 Å². The average molecular weight is 647 g/mol. The van der Waals surface area contributed by atoms with Crippen molar-refractivity contribution in [2.75, 3.05) is 0 Å². The summed E-state index contributed by atoms with van der Waals surface area (Å²) >= 11 is 3.77. The fraction of sp³-hybridized carbons (Fsp3) is 0.